The summed E-state index contributed by atoms with van der Waals surface area (Å²) >= 11 is 0. The van der Waals surface area contributed by atoms with Crippen LogP contribution in [-0.2, 0) is 0 Å². The third-order valence-corrected chi connectivity index (χ3v) is 3.74. The number of hydrogen-bond donors (Lipinski definition) is 3. The molecule has 0 radical (unpaired) electrons. The summed E-state index contributed by atoms with van der Waals surface area (Å²) in [5.41, 5.74) is 6.39. The van der Waals surface area contributed by atoms with Gasteiger partial charge in [-0.2, -0.15) is 0 Å². The minimum atomic E-state index is -0.481. The second-order valence-electron chi connectivity index (χ2n) is 5.26. The average Bonchev–Trinajstić information content (AvgIpc) is 3.09. The molecular weight excluding hydrogens is 322 g/mol. The molecule has 0 aliphatic carbocycles. The van der Waals surface area contributed by atoms with Gasteiger partial charge in [-0.05, 0) is 18.2 Å². The van der Waals surface area contributed by atoms with Gasteiger partial charge in [0.1, 0.15) is 11.5 Å². The first kappa shape index (κ1) is 16.4. The van der Waals surface area contributed by atoms with E-state index in [1.807, 2.05) is 24.3 Å². The quantitative estimate of drug-likeness (QED) is 0.636. The van der Waals surface area contributed by atoms with Gasteiger partial charge in [0.25, 0.3) is 11.8 Å². The molecule has 2 aromatic carbocycles. The molecule has 25 heavy (non-hydrogen) atoms. The molecule has 3 rings (SSSR count). The van der Waals surface area contributed by atoms with E-state index in [1.54, 1.807) is 24.4 Å². The van der Waals surface area contributed by atoms with Crippen molar-refractivity contribution in [3.8, 4) is 11.5 Å². The number of hydrazine groups is 1. The first-order valence-corrected chi connectivity index (χ1v) is 7.52. The van der Waals surface area contributed by atoms with Gasteiger partial charge in [-0.3, -0.25) is 20.4 Å². The fraction of sp³-hybridized carbons (Fsp3) is 0.111. The summed E-state index contributed by atoms with van der Waals surface area (Å²) in [6.45, 7) is 0. The van der Waals surface area contributed by atoms with Crippen molar-refractivity contribution in [2.24, 2.45) is 0 Å². The average molecular weight is 339 g/mol. The minimum absolute atomic E-state index is 0.301. The van der Waals surface area contributed by atoms with E-state index in [4.69, 9.17) is 9.47 Å². The van der Waals surface area contributed by atoms with Crippen molar-refractivity contribution >= 4 is 22.7 Å². The summed E-state index contributed by atoms with van der Waals surface area (Å²) in [5.74, 6) is 0.0611. The van der Waals surface area contributed by atoms with Crippen LogP contribution >= 0.6 is 0 Å². The summed E-state index contributed by atoms with van der Waals surface area (Å²) in [6, 6.07) is 12.2. The lowest BCUT2D eigenvalue weighted by atomic mass is 10.1. The number of nitrogens with one attached hydrogen (secondary N) is 3. The number of H-pyrrole nitrogens is 1. The SMILES string of the molecule is COc1cc(OC)cc(C(=O)NNC(=O)c2c[nH]c3ccccc23)c1. The fourth-order valence-electron chi connectivity index (χ4n) is 2.45. The molecule has 2 amide bonds. The normalized spacial score (nSPS) is 10.3. The molecule has 1 heterocycles. The van der Waals surface area contributed by atoms with Crippen LogP contribution in [0, 0.1) is 0 Å². The van der Waals surface area contributed by atoms with E-state index in [2.05, 4.69) is 15.8 Å². The molecule has 0 atom stereocenters. The molecule has 0 fully saturated rings. The Morgan fingerprint density at radius 3 is 2.24 bits per heavy atom. The second-order valence-corrected chi connectivity index (χ2v) is 5.26. The lowest BCUT2D eigenvalue weighted by Crippen LogP contribution is -2.41. The third-order valence-electron chi connectivity index (χ3n) is 3.74. The maximum Gasteiger partial charge on any atom is 0.271 e. The summed E-state index contributed by atoms with van der Waals surface area (Å²) in [5, 5.41) is 0.775. The lowest BCUT2D eigenvalue weighted by Gasteiger charge is -2.10. The Morgan fingerprint density at radius 2 is 1.56 bits per heavy atom. The van der Waals surface area contributed by atoms with Gasteiger partial charge in [-0.25, -0.2) is 0 Å². The van der Waals surface area contributed by atoms with Crippen molar-refractivity contribution in [2.75, 3.05) is 14.2 Å². The number of methoxy groups -OCH3 is 2. The number of fused-ring (bicyclic) bond motifs is 1. The van der Waals surface area contributed by atoms with E-state index in [1.165, 1.54) is 14.2 Å². The van der Waals surface area contributed by atoms with Gasteiger partial charge in [0.2, 0.25) is 0 Å². The number of aromatic nitrogens is 1. The van der Waals surface area contributed by atoms with E-state index in [0.717, 1.165) is 10.9 Å². The smallest absolute Gasteiger partial charge is 0.271 e. The molecule has 0 saturated carbocycles. The molecular formula is C18H17N3O4. The standard InChI is InChI=1S/C18H17N3O4/c1-24-12-7-11(8-13(9-12)25-2)17(22)20-21-18(23)15-10-19-16-6-4-3-5-14(15)16/h3-10,19H,1-2H3,(H,20,22)(H,21,23). The summed E-state index contributed by atoms with van der Waals surface area (Å²) in [6.07, 6.45) is 1.60. The van der Waals surface area contributed by atoms with Crippen molar-refractivity contribution in [3.05, 3.63) is 59.8 Å². The van der Waals surface area contributed by atoms with E-state index in [-0.39, 0.29) is 0 Å². The van der Waals surface area contributed by atoms with Crippen LogP contribution in [0.3, 0.4) is 0 Å². The van der Waals surface area contributed by atoms with Gasteiger partial charge in [0.15, 0.2) is 0 Å². The predicted molar refractivity (Wildman–Crippen MR) is 92.8 cm³/mol. The zero-order valence-electron chi connectivity index (χ0n) is 13.8. The third kappa shape index (κ3) is 3.40. The second kappa shape index (κ2) is 6.96. The van der Waals surface area contributed by atoms with Gasteiger partial charge in [0, 0.05) is 28.7 Å². The van der Waals surface area contributed by atoms with Crippen LogP contribution in [0.2, 0.25) is 0 Å². The topological polar surface area (TPSA) is 92.4 Å². The van der Waals surface area contributed by atoms with Crippen molar-refractivity contribution in [1.29, 1.82) is 0 Å². The number of benzene rings is 2. The highest BCUT2D eigenvalue weighted by molar-refractivity contribution is 6.07. The number of hydrogen-bond acceptors (Lipinski definition) is 4. The van der Waals surface area contributed by atoms with Crippen LogP contribution in [0.1, 0.15) is 20.7 Å². The Labute approximate surface area is 143 Å². The number of ether oxygens (including phenoxy) is 2. The molecule has 0 bridgehead atoms. The zero-order valence-corrected chi connectivity index (χ0v) is 13.8. The van der Waals surface area contributed by atoms with E-state index >= 15 is 0 Å². The molecule has 1 aromatic heterocycles. The molecule has 0 unspecified atom stereocenters. The van der Waals surface area contributed by atoms with E-state index in [9.17, 15) is 9.59 Å². The highest BCUT2D eigenvalue weighted by Crippen LogP contribution is 2.22. The van der Waals surface area contributed by atoms with Crippen molar-refractivity contribution in [1.82, 2.24) is 15.8 Å². The monoisotopic (exact) mass is 339 g/mol. The molecule has 7 heteroatoms. The molecule has 7 nitrogen and oxygen atoms in total. The molecule has 0 aliphatic rings. The predicted octanol–water partition coefficient (Wildman–Crippen LogP) is 2.26. The summed E-state index contributed by atoms with van der Waals surface area (Å²) in [7, 11) is 2.99. The lowest BCUT2D eigenvalue weighted by molar-refractivity contribution is 0.0847. The minimum Gasteiger partial charge on any atom is -0.497 e. The van der Waals surface area contributed by atoms with Crippen LogP contribution in [-0.4, -0.2) is 31.0 Å². The molecule has 3 aromatic rings. The van der Waals surface area contributed by atoms with Crippen LogP contribution in [0.25, 0.3) is 10.9 Å². The van der Waals surface area contributed by atoms with Gasteiger partial charge >= 0.3 is 0 Å². The molecule has 0 spiro atoms. The number of amides is 2. The number of aromatic amines is 1. The number of carbonyl (C=O) groups excluding carboxylic acids is 2. The van der Waals surface area contributed by atoms with Crippen molar-refractivity contribution in [2.45, 2.75) is 0 Å². The van der Waals surface area contributed by atoms with Crippen LogP contribution in [0.5, 0.6) is 11.5 Å². The first-order valence-electron chi connectivity index (χ1n) is 7.52. The maximum atomic E-state index is 12.3. The molecule has 0 saturated heterocycles. The van der Waals surface area contributed by atoms with E-state index < -0.39 is 11.8 Å². The Morgan fingerprint density at radius 1 is 0.920 bits per heavy atom. The number of rotatable bonds is 4. The highest BCUT2D eigenvalue weighted by atomic mass is 16.5. The zero-order chi connectivity index (χ0) is 17.8. The summed E-state index contributed by atoms with van der Waals surface area (Å²) < 4.78 is 10.3. The van der Waals surface area contributed by atoms with Gasteiger partial charge in [-0.15, -0.1) is 0 Å². The van der Waals surface area contributed by atoms with Gasteiger partial charge in [0.05, 0.1) is 19.8 Å². The largest absolute Gasteiger partial charge is 0.497 e. The molecule has 128 valence electrons. The molecule has 3 N–H and O–H groups in total. The van der Waals surface area contributed by atoms with Crippen molar-refractivity contribution in [3.63, 3.8) is 0 Å². The first-order chi connectivity index (χ1) is 12.1. The molecule has 0 aliphatic heterocycles. The number of para-hydroxylation sites is 1. The van der Waals surface area contributed by atoms with Crippen LogP contribution in [0.4, 0.5) is 0 Å². The van der Waals surface area contributed by atoms with E-state index in [0.29, 0.717) is 22.6 Å². The fourth-order valence-corrected chi connectivity index (χ4v) is 2.45. The number of carbonyl (C=O) groups is 2. The summed E-state index contributed by atoms with van der Waals surface area (Å²) in [4.78, 5) is 27.6. The Bertz CT molecular complexity index is 911. The van der Waals surface area contributed by atoms with Crippen LogP contribution < -0.4 is 20.3 Å². The Hall–Kier alpha value is -3.48. The Kier molecular flexibility index (Phi) is 4.56. The van der Waals surface area contributed by atoms with Gasteiger partial charge in [-0.1, -0.05) is 18.2 Å². The Balaban J connectivity index is 1.73. The van der Waals surface area contributed by atoms with Gasteiger partial charge < -0.3 is 14.5 Å². The van der Waals surface area contributed by atoms with Crippen LogP contribution in [0.15, 0.2) is 48.7 Å². The highest BCUT2D eigenvalue weighted by Gasteiger charge is 2.14. The maximum absolute atomic E-state index is 12.3. The van der Waals surface area contributed by atoms with Crippen molar-refractivity contribution < 1.29 is 19.1 Å².